The Morgan fingerprint density at radius 1 is 1.16 bits per heavy atom. The fourth-order valence-corrected chi connectivity index (χ4v) is 4.70. The fourth-order valence-electron chi connectivity index (χ4n) is 3.41. The lowest BCUT2D eigenvalue weighted by molar-refractivity contribution is 0.0531. The summed E-state index contributed by atoms with van der Waals surface area (Å²) in [4.78, 5) is 9.12. The largest absolute Gasteiger partial charge is 0.490 e. The van der Waals surface area contributed by atoms with Crippen LogP contribution in [0.15, 0.2) is 22.7 Å². The average molecular weight is 446 g/mol. The smallest absolute Gasteiger partial charge is 0.268 e. The number of aromatic nitrogens is 2. The second kappa shape index (κ2) is 10.4. The lowest BCUT2D eigenvalue weighted by atomic mass is 10.0. The fraction of sp³-hybridized carbons (Fsp3) is 0.478. The van der Waals surface area contributed by atoms with E-state index in [1.165, 1.54) is 10.4 Å². The summed E-state index contributed by atoms with van der Waals surface area (Å²) in [6.07, 6.45) is 0.814. The number of rotatable bonds is 10. The third-order valence-corrected chi connectivity index (χ3v) is 6.15. The van der Waals surface area contributed by atoms with Gasteiger partial charge in [0.15, 0.2) is 0 Å². The maximum absolute atomic E-state index is 9.60. The molecule has 1 unspecified atom stereocenters. The monoisotopic (exact) mass is 445 g/mol. The van der Waals surface area contributed by atoms with Crippen LogP contribution in [0.3, 0.4) is 0 Å². The summed E-state index contributed by atoms with van der Waals surface area (Å²) in [6, 6.07) is 6.09. The van der Waals surface area contributed by atoms with E-state index in [4.69, 9.17) is 14.4 Å². The number of nitrogens with zero attached hydrogens (tertiary/aromatic N) is 3. The molecule has 0 spiro atoms. The first-order valence-electron chi connectivity index (χ1n) is 10.5. The normalized spacial score (nSPS) is 12.5. The van der Waals surface area contributed by atoms with E-state index in [2.05, 4.69) is 42.1 Å². The summed E-state index contributed by atoms with van der Waals surface area (Å²) in [6.45, 7) is 6.75. The van der Waals surface area contributed by atoms with Crippen molar-refractivity contribution in [2.24, 2.45) is 0 Å². The van der Waals surface area contributed by atoms with Gasteiger partial charge >= 0.3 is 0 Å². The van der Waals surface area contributed by atoms with Crippen molar-refractivity contribution in [3.05, 3.63) is 39.8 Å². The molecule has 7 nitrogen and oxygen atoms in total. The highest BCUT2D eigenvalue weighted by atomic mass is 32.1. The minimum Gasteiger partial charge on any atom is -0.490 e. The molecule has 2 heterocycles. The summed E-state index contributed by atoms with van der Waals surface area (Å²) < 4.78 is 11.4. The molecule has 2 aromatic heterocycles. The van der Waals surface area contributed by atoms with Crippen molar-refractivity contribution in [3.63, 3.8) is 0 Å². The van der Waals surface area contributed by atoms with Crippen LogP contribution < -0.4 is 4.74 Å². The number of aliphatic hydroxyl groups is 2. The first kappa shape index (κ1) is 23.4. The molecule has 3 aromatic rings. The van der Waals surface area contributed by atoms with Crippen LogP contribution in [0.4, 0.5) is 0 Å². The third-order valence-electron chi connectivity index (χ3n) is 5.00. The Balaban J connectivity index is 1.88. The quantitative estimate of drug-likeness (QED) is 0.492. The van der Waals surface area contributed by atoms with E-state index in [9.17, 15) is 5.11 Å². The highest BCUT2D eigenvalue weighted by Crippen LogP contribution is 2.34. The van der Waals surface area contributed by atoms with Crippen molar-refractivity contribution in [1.82, 2.24) is 15.0 Å². The van der Waals surface area contributed by atoms with Crippen LogP contribution >= 0.6 is 11.3 Å². The van der Waals surface area contributed by atoms with E-state index in [1.54, 1.807) is 11.3 Å². The minimum atomic E-state index is -0.903. The number of aliphatic hydroxyl groups excluding tert-OH is 2. The number of aryl methyl sites for hydroxylation is 3. The van der Waals surface area contributed by atoms with E-state index in [-0.39, 0.29) is 13.2 Å². The van der Waals surface area contributed by atoms with E-state index in [1.807, 2.05) is 26.0 Å². The molecule has 0 aliphatic heterocycles. The predicted molar refractivity (Wildman–Crippen MR) is 123 cm³/mol. The Bertz CT molecular complexity index is 1010. The zero-order valence-electron chi connectivity index (χ0n) is 18.8. The maximum atomic E-state index is 9.60. The lowest BCUT2D eigenvalue weighted by Crippen LogP contribution is -2.22. The first-order chi connectivity index (χ1) is 14.9. The molecule has 168 valence electrons. The van der Waals surface area contributed by atoms with Gasteiger partial charge in [-0.15, -0.1) is 11.3 Å². The SMILES string of the molecule is CCc1cc(-c2nc(-c3cc(C)c(OCC(O)CO)c(CC)c3)no2)sc1CN(C)C. The molecule has 0 aliphatic carbocycles. The van der Waals surface area contributed by atoms with Crippen LogP contribution in [0.2, 0.25) is 0 Å². The molecular formula is C23H31N3O4S. The second-order valence-electron chi connectivity index (χ2n) is 7.86. The van der Waals surface area contributed by atoms with Gasteiger partial charge in [-0.2, -0.15) is 4.98 Å². The molecule has 0 saturated carbocycles. The van der Waals surface area contributed by atoms with Gasteiger partial charge in [-0.25, -0.2) is 0 Å². The molecule has 2 N–H and O–H groups in total. The average Bonchev–Trinajstić information content (AvgIpc) is 3.38. The second-order valence-corrected chi connectivity index (χ2v) is 8.99. The van der Waals surface area contributed by atoms with Gasteiger partial charge in [0.2, 0.25) is 5.82 Å². The van der Waals surface area contributed by atoms with Gasteiger partial charge in [0.1, 0.15) is 18.5 Å². The molecule has 8 heteroatoms. The van der Waals surface area contributed by atoms with Gasteiger partial charge in [0.25, 0.3) is 5.89 Å². The molecule has 1 aromatic carbocycles. The highest BCUT2D eigenvalue weighted by molar-refractivity contribution is 7.15. The molecule has 1 atom stereocenters. The summed E-state index contributed by atoms with van der Waals surface area (Å²) in [5.74, 6) is 1.79. The van der Waals surface area contributed by atoms with Gasteiger partial charge in [-0.3, -0.25) is 0 Å². The van der Waals surface area contributed by atoms with Crippen LogP contribution in [-0.4, -0.2) is 58.7 Å². The molecule has 0 bridgehead atoms. The van der Waals surface area contributed by atoms with Gasteiger partial charge in [0, 0.05) is 17.0 Å². The van der Waals surface area contributed by atoms with E-state index >= 15 is 0 Å². The molecule has 0 saturated heterocycles. The van der Waals surface area contributed by atoms with Crippen LogP contribution in [0.1, 0.15) is 35.4 Å². The Hall–Kier alpha value is -2.26. The molecule has 31 heavy (non-hydrogen) atoms. The van der Waals surface area contributed by atoms with Gasteiger partial charge < -0.3 is 24.4 Å². The number of thiophene rings is 1. The molecule has 3 rings (SSSR count). The molecule has 0 amide bonds. The summed E-state index contributed by atoms with van der Waals surface area (Å²) in [7, 11) is 4.13. The van der Waals surface area contributed by atoms with E-state index in [0.717, 1.165) is 46.7 Å². The van der Waals surface area contributed by atoms with Crippen LogP contribution in [0.25, 0.3) is 22.2 Å². The van der Waals surface area contributed by atoms with Gasteiger partial charge in [-0.05, 0) is 68.8 Å². The Morgan fingerprint density at radius 2 is 1.90 bits per heavy atom. The first-order valence-corrected chi connectivity index (χ1v) is 11.3. The topological polar surface area (TPSA) is 91.8 Å². The van der Waals surface area contributed by atoms with E-state index in [0.29, 0.717) is 11.7 Å². The van der Waals surface area contributed by atoms with Crippen molar-refractivity contribution in [2.75, 3.05) is 27.3 Å². The van der Waals surface area contributed by atoms with Gasteiger partial charge in [0.05, 0.1) is 11.5 Å². The maximum Gasteiger partial charge on any atom is 0.268 e. The molecular weight excluding hydrogens is 414 g/mol. The van der Waals surface area contributed by atoms with Gasteiger partial charge in [-0.1, -0.05) is 19.0 Å². The van der Waals surface area contributed by atoms with Crippen molar-refractivity contribution in [1.29, 1.82) is 0 Å². The molecule has 0 radical (unpaired) electrons. The summed E-state index contributed by atoms with van der Waals surface area (Å²) in [5.41, 5.74) is 4.08. The zero-order valence-corrected chi connectivity index (χ0v) is 19.6. The van der Waals surface area contributed by atoms with Crippen molar-refractivity contribution < 1.29 is 19.5 Å². The number of benzene rings is 1. The summed E-state index contributed by atoms with van der Waals surface area (Å²) in [5, 5.41) is 22.8. The predicted octanol–water partition coefficient (Wildman–Crippen LogP) is 3.69. The van der Waals surface area contributed by atoms with Crippen LogP contribution in [0, 0.1) is 6.92 Å². The van der Waals surface area contributed by atoms with Crippen molar-refractivity contribution >= 4 is 11.3 Å². The Labute approximate surface area is 187 Å². The number of ether oxygens (including phenoxy) is 1. The molecule has 0 aliphatic rings. The highest BCUT2D eigenvalue weighted by Gasteiger charge is 2.18. The third kappa shape index (κ3) is 5.51. The zero-order chi connectivity index (χ0) is 22.5. The molecule has 0 fully saturated rings. The number of hydrogen-bond donors (Lipinski definition) is 2. The standard InChI is InChI=1S/C23H31N3O4S/c1-6-15-10-19(31-20(15)11-26(4)5)23-24-22(25-30-23)17-8-14(3)21(16(7-2)9-17)29-13-18(28)12-27/h8-10,18,27-28H,6-7,11-13H2,1-5H3. The van der Waals surface area contributed by atoms with Crippen molar-refractivity contribution in [2.45, 2.75) is 46.3 Å². The lowest BCUT2D eigenvalue weighted by Gasteiger charge is -2.16. The Morgan fingerprint density at radius 3 is 2.55 bits per heavy atom. The van der Waals surface area contributed by atoms with E-state index < -0.39 is 6.10 Å². The number of hydrogen-bond acceptors (Lipinski definition) is 8. The van der Waals surface area contributed by atoms with Crippen molar-refractivity contribution in [3.8, 4) is 27.9 Å². The van der Waals surface area contributed by atoms with Crippen LogP contribution in [-0.2, 0) is 19.4 Å². The summed E-state index contributed by atoms with van der Waals surface area (Å²) >= 11 is 1.70. The minimum absolute atomic E-state index is 0.0451. The van der Waals surface area contributed by atoms with Crippen LogP contribution in [0.5, 0.6) is 5.75 Å². The Kier molecular flexibility index (Phi) is 7.83.